The van der Waals surface area contributed by atoms with Crippen molar-refractivity contribution < 1.29 is 18.3 Å². The molecule has 0 atom stereocenters. The fourth-order valence-electron chi connectivity index (χ4n) is 1.87. The fourth-order valence-corrected chi connectivity index (χ4v) is 2.20. The molecular formula is C14H13ClF2N2O2. The zero-order valence-corrected chi connectivity index (χ0v) is 12.2. The molecule has 112 valence electrons. The van der Waals surface area contributed by atoms with E-state index in [1.807, 2.05) is 0 Å². The molecule has 0 aliphatic carbocycles. The first-order chi connectivity index (χ1) is 9.99. The topological polar surface area (TPSA) is 44.1 Å². The molecule has 0 saturated heterocycles. The van der Waals surface area contributed by atoms with Crippen LogP contribution in [0.3, 0.4) is 0 Å². The van der Waals surface area contributed by atoms with Crippen molar-refractivity contribution in [2.24, 2.45) is 0 Å². The molecule has 4 nitrogen and oxygen atoms in total. The lowest BCUT2D eigenvalue weighted by molar-refractivity contribution is 0.0516. The van der Waals surface area contributed by atoms with Crippen molar-refractivity contribution in [3.8, 4) is 5.69 Å². The minimum atomic E-state index is -0.845. The highest BCUT2D eigenvalue weighted by molar-refractivity contribution is 6.34. The van der Waals surface area contributed by atoms with Crippen LogP contribution in [0.5, 0.6) is 0 Å². The van der Waals surface area contributed by atoms with E-state index in [0.29, 0.717) is 18.2 Å². The second-order valence-corrected chi connectivity index (χ2v) is 4.57. The average Bonchev–Trinajstić information content (AvgIpc) is 2.75. The Hall–Kier alpha value is -1.95. The van der Waals surface area contributed by atoms with E-state index in [1.165, 1.54) is 6.07 Å². The van der Waals surface area contributed by atoms with Gasteiger partial charge in [0, 0.05) is 6.07 Å². The summed E-state index contributed by atoms with van der Waals surface area (Å²) in [6.07, 6.45) is 0.459. The Morgan fingerprint density at radius 3 is 2.67 bits per heavy atom. The Bertz CT molecular complexity index is 686. The van der Waals surface area contributed by atoms with Gasteiger partial charge in [-0.2, -0.15) is 5.10 Å². The zero-order valence-electron chi connectivity index (χ0n) is 11.5. The predicted molar refractivity (Wildman–Crippen MR) is 73.8 cm³/mol. The SMILES string of the molecule is CCOC(=O)c1c(Cl)c(CC)nn1-c1ccc(F)cc1F. The highest BCUT2D eigenvalue weighted by Crippen LogP contribution is 2.26. The van der Waals surface area contributed by atoms with E-state index in [4.69, 9.17) is 16.3 Å². The Kier molecular flexibility index (Phi) is 4.57. The molecular weight excluding hydrogens is 302 g/mol. The molecule has 0 amide bonds. The van der Waals surface area contributed by atoms with Crippen LogP contribution in [0.25, 0.3) is 5.69 Å². The van der Waals surface area contributed by atoms with Gasteiger partial charge in [0.2, 0.25) is 0 Å². The van der Waals surface area contributed by atoms with E-state index < -0.39 is 17.6 Å². The van der Waals surface area contributed by atoms with Gasteiger partial charge in [-0.15, -0.1) is 0 Å². The van der Waals surface area contributed by atoms with E-state index in [2.05, 4.69) is 5.10 Å². The minimum Gasteiger partial charge on any atom is -0.461 e. The van der Waals surface area contributed by atoms with E-state index in [1.54, 1.807) is 13.8 Å². The van der Waals surface area contributed by atoms with Gasteiger partial charge in [-0.3, -0.25) is 0 Å². The monoisotopic (exact) mass is 314 g/mol. The molecule has 0 unspecified atom stereocenters. The standard InChI is InChI=1S/C14H13ClF2N2O2/c1-3-10-12(15)13(14(20)21-4-2)19(18-10)11-6-5-8(16)7-9(11)17/h5-7H,3-4H2,1-2H3. The maximum Gasteiger partial charge on any atom is 0.358 e. The summed E-state index contributed by atoms with van der Waals surface area (Å²) in [6, 6.07) is 2.98. The molecule has 0 N–H and O–H groups in total. The van der Waals surface area contributed by atoms with Crippen molar-refractivity contribution in [2.75, 3.05) is 6.61 Å². The second kappa shape index (κ2) is 6.22. The number of rotatable bonds is 4. The predicted octanol–water partition coefficient (Wildman–Crippen LogP) is 3.54. The Labute approximate surface area is 125 Å². The number of nitrogens with zero attached hydrogens (tertiary/aromatic N) is 2. The summed E-state index contributed by atoms with van der Waals surface area (Å²) in [5.74, 6) is -2.27. The lowest BCUT2D eigenvalue weighted by Gasteiger charge is -2.08. The van der Waals surface area contributed by atoms with Crippen LogP contribution < -0.4 is 0 Å². The third-order valence-corrected chi connectivity index (χ3v) is 3.23. The van der Waals surface area contributed by atoms with Gasteiger partial charge < -0.3 is 4.74 Å². The van der Waals surface area contributed by atoms with E-state index in [9.17, 15) is 13.6 Å². The molecule has 2 rings (SSSR count). The van der Waals surface area contributed by atoms with Crippen LogP contribution in [-0.4, -0.2) is 22.4 Å². The summed E-state index contributed by atoms with van der Waals surface area (Å²) in [4.78, 5) is 12.0. The Balaban J connectivity index is 2.64. The van der Waals surface area contributed by atoms with Crippen LogP contribution in [0.2, 0.25) is 5.02 Å². The molecule has 1 aromatic heterocycles. The van der Waals surface area contributed by atoms with Gasteiger partial charge in [0.1, 0.15) is 11.5 Å². The third kappa shape index (κ3) is 2.90. The number of benzene rings is 1. The van der Waals surface area contributed by atoms with Crippen LogP contribution in [0, 0.1) is 11.6 Å². The average molecular weight is 315 g/mol. The highest BCUT2D eigenvalue weighted by Gasteiger charge is 2.25. The largest absolute Gasteiger partial charge is 0.461 e. The normalized spacial score (nSPS) is 10.7. The number of carbonyl (C=O) groups excluding carboxylic acids is 1. The molecule has 0 radical (unpaired) electrons. The fraction of sp³-hybridized carbons (Fsp3) is 0.286. The minimum absolute atomic E-state index is 0.0685. The molecule has 0 spiro atoms. The van der Waals surface area contributed by atoms with Gasteiger partial charge in [-0.05, 0) is 25.5 Å². The van der Waals surface area contributed by atoms with Crippen molar-refractivity contribution in [3.63, 3.8) is 0 Å². The quantitative estimate of drug-likeness (QED) is 0.811. The maximum atomic E-state index is 13.9. The highest BCUT2D eigenvalue weighted by atomic mass is 35.5. The second-order valence-electron chi connectivity index (χ2n) is 4.19. The molecule has 7 heteroatoms. The first kappa shape index (κ1) is 15.4. The summed E-state index contributed by atoms with van der Waals surface area (Å²) < 4.78 is 32.9. The van der Waals surface area contributed by atoms with E-state index in [0.717, 1.165) is 10.7 Å². The van der Waals surface area contributed by atoms with Gasteiger partial charge >= 0.3 is 5.97 Å². The molecule has 1 aromatic carbocycles. The van der Waals surface area contributed by atoms with Crippen LogP contribution in [0.1, 0.15) is 30.0 Å². The van der Waals surface area contributed by atoms with Crippen LogP contribution in [0.4, 0.5) is 8.78 Å². The van der Waals surface area contributed by atoms with Gasteiger partial charge in [0.25, 0.3) is 0 Å². The molecule has 1 heterocycles. The molecule has 0 aliphatic rings. The molecule has 21 heavy (non-hydrogen) atoms. The first-order valence-corrected chi connectivity index (χ1v) is 6.77. The third-order valence-electron chi connectivity index (χ3n) is 2.84. The summed E-state index contributed by atoms with van der Waals surface area (Å²) in [6.45, 7) is 3.59. The number of esters is 1. The molecule has 0 bridgehead atoms. The number of aromatic nitrogens is 2. The molecule has 0 saturated carbocycles. The van der Waals surface area contributed by atoms with Crippen LogP contribution >= 0.6 is 11.6 Å². The Morgan fingerprint density at radius 2 is 2.10 bits per heavy atom. The Morgan fingerprint density at radius 1 is 1.38 bits per heavy atom. The molecule has 2 aromatic rings. The van der Waals surface area contributed by atoms with Crippen molar-refractivity contribution in [2.45, 2.75) is 20.3 Å². The number of hydrogen-bond acceptors (Lipinski definition) is 3. The maximum absolute atomic E-state index is 13.9. The van der Waals surface area contributed by atoms with Gasteiger partial charge in [0.15, 0.2) is 11.5 Å². The summed E-state index contributed by atoms with van der Waals surface area (Å²) in [5, 5.41) is 4.22. The number of aryl methyl sites for hydroxylation is 1. The number of carbonyl (C=O) groups is 1. The van der Waals surface area contributed by atoms with Crippen molar-refractivity contribution in [1.29, 1.82) is 0 Å². The first-order valence-electron chi connectivity index (χ1n) is 6.39. The number of halogens is 3. The summed E-state index contributed by atoms with van der Waals surface area (Å²) >= 11 is 6.11. The van der Waals surface area contributed by atoms with Crippen molar-refractivity contribution in [1.82, 2.24) is 9.78 Å². The van der Waals surface area contributed by atoms with Crippen molar-refractivity contribution in [3.05, 3.63) is 46.2 Å². The van der Waals surface area contributed by atoms with Gasteiger partial charge in [-0.25, -0.2) is 18.3 Å². The molecule has 0 aliphatic heterocycles. The van der Waals surface area contributed by atoms with Crippen molar-refractivity contribution >= 4 is 17.6 Å². The van der Waals surface area contributed by atoms with Crippen LogP contribution in [-0.2, 0) is 11.2 Å². The smallest absolute Gasteiger partial charge is 0.358 e. The lowest BCUT2D eigenvalue weighted by atomic mass is 10.2. The van der Waals surface area contributed by atoms with Crippen LogP contribution in [0.15, 0.2) is 18.2 Å². The zero-order chi connectivity index (χ0) is 15.6. The molecule has 0 fully saturated rings. The van der Waals surface area contributed by atoms with Gasteiger partial charge in [-0.1, -0.05) is 18.5 Å². The number of ether oxygens (including phenoxy) is 1. The summed E-state index contributed by atoms with van der Waals surface area (Å²) in [7, 11) is 0. The van der Waals surface area contributed by atoms with Gasteiger partial charge in [0.05, 0.1) is 17.3 Å². The van der Waals surface area contributed by atoms with E-state index >= 15 is 0 Å². The lowest BCUT2D eigenvalue weighted by Crippen LogP contribution is -2.13. The number of hydrogen-bond donors (Lipinski definition) is 0. The van der Waals surface area contributed by atoms with E-state index in [-0.39, 0.29) is 23.0 Å². The summed E-state index contributed by atoms with van der Waals surface area (Å²) in [5.41, 5.74) is 0.297.